The molecule has 0 radical (unpaired) electrons. The third-order valence-electron chi connectivity index (χ3n) is 5.43. The van der Waals surface area contributed by atoms with Crippen molar-refractivity contribution in [1.29, 1.82) is 0 Å². The van der Waals surface area contributed by atoms with Gasteiger partial charge in [-0.25, -0.2) is 0 Å². The molecule has 1 unspecified atom stereocenters. The Kier molecular flexibility index (Phi) is 5.36. The first-order chi connectivity index (χ1) is 9.75. The molecule has 1 N–H and O–H groups in total. The lowest BCUT2D eigenvalue weighted by Gasteiger charge is -2.48. The zero-order chi connectivity index (χ0) is 14.2. The van der Waals surface area contributed by atoms with Gasteiger partial charge < -0.3 is 10.1 Å². The summed E-state index contributed by atoms with van der Waals surface area (Å²) in [6.07, 6.45) is 9.44. The highest BCUT2D eigenvalue weighted by atomic mass is 127. The summed E-state index contributed by atoms with van der Waals surface area (Å²) < 4.78 is 5.47. The summed E-state index contributed by atoms with van der Waals surface area (Å²) in [5.41, 5.74) is 3.24. The fourth-order valence-corrected chi connectivity index (χ4v) is 4.43. The van der Waals surface area contributed by atoms with E-state index in [1.54, 1.807) is 7.11 Å². The molecule has 3 rings (SSSR count). The maximum absolute atomic E-state index is 5.47. The van der Waals surface area contributed by atoms with Gasteiger partial charge in [0, 0.05) is 11.5 Å². The smallest absolute Gasteiger partial charge is 0.119 e. The average Bonchev–Trinajstić information content (AvgIpc) is 2.62. The zero-order valence-electron chi connectivity index (χ0n) is 13.2. The number of benzene rings is 1. The van der Waals surface area contributed by atoms with E-state index in [9.17, 15) is 0 Å². The Morgan fingerprint density at radius 1 is 1.33 bits per heavy atom. The maximum Gasteiger partial charge on any atom is 0.119 e. The number of nitrogens with one attached hydrogen (secondary N) is 1. The van der Waals surface area contributed by atoms with Gasteiger partial charge in [0.05, 0.1) is 7.11 Å². The first-order valence-electron chi connectivity index (χ1n) is 7.75. The van der Waals surface area contributed by atoms with Gasteiger partial charge in [-0.2, -0.15) is 0 Å². The molecule has 0 spiro atoms. The molecule has 2 aliphatic rings. The van der Waals surface area contributed by atoms with E-state index in [1.807, 2.05) is 0 Å². The first-order valence-corrected chi connectivity index (χ1v) is 7.75. The minimum absolute atomic E-state index is 0. The molecule has 3 heteroatoms. The molecule has 3 atom stereocenters. The fourth-order valence-electron chi connectivity index (χ4n) is 4.43. The molecule has 0 amide bonds. The van der Waals surface area contributed by atoms with Crippen molar-refractivity contribution in [2.45, 2.75) is 44.1 Å². The lowest BCUT2D eigenvalue weighted by atomic mass is 9.60. The van der Waals surface area contributed by atoms with E-state index in [0.717, 1.165) is 12.2 Å². The molecule has 21 heavy (non-hydrogen) atoms. The van der Waals surface area contributed by atoms with Crippen LogP contribution < -0.4 is 10.1 Å². The summed E-state index contributed by atoms with van der Waals surface area (Å²) in [6.45, 7) is 2.33. The molecule has 0 heterocycles. The molecule has 2 aliphatic carbocycles. The van der Waals surface area contributed by atoms with Gasteiger partial charge in [0.2, 0.25) is 0 Å². The molecule has 1 aromatic carbocycles. The third-order valence-corrected chi connectivity index (χ3v) is 5.43. The predicted molar refractivity (Wildman–Crippen MR) is 98.8 cm³/mol. The molecule has 0 fully saturated rings. The number of fused-ring (bicyclic) bond motifs is 4. The van der Waals surface area contributed by atoms with Gasteiger partial charge in [-0.15, -0.1) is 24.0 Å². The van der Waals surface area contributed by atoms with Crippen molar-refractivity contribution in [3.63, 3.8) is 0 Å². The van der Waals surface area contributed by atoms with Crippen molar-refractivity contribution in [3.8, 4) is 5.75 Å². The number of methoxy groups -OCH3 is 1. The molecule has 0 saturated carbocycles. The average molecular weight is 399 g/mol. The van der Waals surface area contributed by atoms with Gasteiger partial charge >= 0.3 is 0 Å². The summed E-state index contributed by atoms with van der Waals surface area (Å²) >= 11 is 0. The number of rotatable bonds is 3. The van der Waals surface area contributed by atoms with Gasteiger partial charge in [-0.05, 0) is 61.9 Å². The Balaban J connectivity index is 0.00000161. The number of hydrogen-bond donors (Lipinski definition) is 1. The summed E-state index contributed by atoms with van der Waals surface area (Å²) in [5, 5.41) is 3.64. The van der Waals surface area contributed by atoms with Crippen molar-refractivity contribution in [2.24, 2.45) is 5.92 Å². The number of halogens is 1. The lowest BCUT2D eigenvalue weighted by molar-refractivity contribution is 0.202. The Morgan fingerprint density at radius 2 is 2.14 bits per heavy atom. The largest absolute Gasteiger partial charge is 0.497 e. The minimum Gasteiger partial charge on any atom is -0.497 e. The summed E-state index contributed by atoms with van der Waals surface area (Å²) in [5.74, 6) is 1.69. The van der Waals surface area contributed by atoms with Crippen LogP contribution in [0.4, 0.5) is 0 Å². The molecule has 0 aromatic heterocycles. The molecule has 1 aromatic rings. The van der Waals surface area contributed by atoms with Crippen LogP contribution in [0.5, 0.6) is 5.75 Å². The topological polar surface area (TPSA) is 21.3 Å². The molecular weight excluding hydrogens is 373 g/mol. The van der Waals surface area contributed by atoms with E-state index in [-0.39, 0.29) is 29.4 Å². The van der Waals surface area contributed by atoms with E-state index < -0.39 is 0 Å². The second kappa shape index (κ2) is 6.69. The SMILES string of the molecule is CC[C@@]12CC=CCC(Cc3ccc(OC)cc31)[C@@H]2NC.I. The van der Waals surface area contributed by atoms with Crippen LogP contribution in [0.2, 0.25) is 0 Å². The molecule has 0 saturated heterocycles. The molecule has 2 bridgehead atoms. The summed E-state index contributed by atoms with van der Waals surface area (Å²) in [4.78, 5) is 0. The number of allylic oxidation sites excluding steroid dienone is 2. The van der Waals surface area contributed by atoms with Gasteiger partial charge in [0.25, 0.3) is 0 Å². The van der Waals surface area contributed by atoms with Crippen LogP contribution in [-0.2, 0) is 11.8 Å². The van der Waals surface area contributed by atoms with Crippen LogP contribution in [0.25, 0.3) is 0 Å². The van der Waals surface area contributed by atoms with Crippen LogP contribution >= 0.6 is 24.0 Å². The normalized spacial score (nSPS) is 30.0. The Bertz CT molecular complexity index is 528. The number of ether oxygens (including phenoxy) is 1. The van der Waals surface area contributed by atoms with Gasteiger partial charge in [0.1, 0.15) is 5.75 Å². The molecular formula is C18H26INO. The van der Waals surface area contributed by atoms with Crippen molar-refractivity contribution in [3.05, 3.63) is 41.5 Å². The second-order valence-electron chi connectivity index (χ2n) is 6.17. The highest BCUT2D eigenvalue weighted by Crippen LogP contribution is 2.48. The monoisotopic (exact) mass is 399 g/mol. The van der Waals surface area contributed by atoms with Crippen LogP contribution in [0, 0.1) is 5.92 Å². The molecule has 116 valence electrons. The first kappa shape index (κ1) is 16.8. The fraction of sp³-hybridized carbons (Fsp3) is 0.556. The quantitative estimate of drug-likeness (QED) is 0.611. The van der Waals surface area contributed by atoms with Crippen molar-refractivity contribution >= 4 is 24.0 Å². The third kappa shape index (κ3) is 2.63. The Morgan fingerprint density at radius 3 is 2.81 bits per heavy atom. The van der Waals surface area contributed by atoms with Crippen molar-refractivity contribution < 1.29 is 4.74 Å². The zero-order valence-corrected chi connectivity index (χ0v) is 15.5. The van der Waals surface area contributed by atoms with Crippen LogP contribution in [0.15, 0.2) is 30.4 Å². The lowest BCUT2D eigenvalue weighted by Crippen LogP contribution is -2.54. The van der Waals surface area contributed by atoms with Crippen LogP contribution in [-0.4, -0.2) is 20.2 Å². The van der Waals surface area contributed by atoms with Crippen LogP contribution in [0.3, 0.4) is 0 Å². The highest BCUT2D eigenvalue weighted by molar-refractivity contribution is 14.0. The summed E-state index contributed by atoms with van der Waals surface area (Å²) in [6, 6.07) is 7.23. The van der Waals surface area contributed by atoms with E-state index in [1.165, 1.54) is 30.4 Å². The van der Waals surface area contributed by atoms with Crippen molar-refractivity contribution in [2.75, 3.05) is 14.2 Å². The standard InChI is InChI=1S/C18H25NO.HI/c1-4-18-10-6-5-7-14(17(18)19-2)11-13-8-9-15(20-3)12-16(13)18;/h5-6,8-9,12,14,17,19H,4,7,10-11H2,1-3H3;1H/t14?,17-,18+;/m0./s1. The van der Waals surface area contributed by atoms with Gasteiger partial charge in [-0.3, -0.25) is 0 Å². The van der Waals surface area contributed by atoms with Gasteiger partial charge in [-0.1, -0.05) is 25.1 Å². The van der Waals surface area contributed by atoms with Crippen molar-refractivity contribution in [1.82, 2.24) is 5.32 Å². The second-order valence-corrected chi connectivity index (χ2v) is 6.17. The minimum atomic E-state index is 0. The van der Waals surface area contributed by atoms with E-state index in [2.05, 4.69) is 49.6 Å². The van der Waals surface area contributed by atoms with Gasteiger partial charge in [0.15, 0.2) is 0 Å². The predicted octanol–water partition coefficient (Wildman–Crippen LogP) is 4.07. The maximum atomic E-state index is 5.47. The van der Waals surface area contributed by atoms with E-state index >= 15 is 0 Å². The van der Waals surface area contributed by atoms with E-state index in [0.29, 0.717) is 12.0 Å². The Hall–Kier alpha value is -0.550. The number of hydrogen-bond acceptors (Lipinski definition) is 2. The highest BCUT2D eigenvalue weighted by Gasteiger charge is 2.46. The van der Waals surface area contributed by atoms with Crippen LogP contribution in [0.1, 0.15) is 37.3 Å². The number of likely N-dealkylation sites (N-methyl/N-ethyl adjacent to an activating group) is 1. The Labute approximate surface area is 145 Å². The molecule has 2 nitrogen and oxygen atoms in total. The summed E-state index contributed by atoms with van der Waals surface area (Å²) in [7, 11) is 3.88. The van der Waals surface area contributed by atoms with E-state index in [4.69, 9.17) is 4.74 Å². The molecule has 0 aliphatic heterocycles.